The summed E-state index contributed by atoms with van der Waals surface area (Å²) in [6, 6.07) is -0.625. The van der Waals surface area contributed by atoms with Crippen LogP contribution in [0.4, 0.5) is 0 Å². The van der Waals surface area contributed by atoms with Gasteiger partial charge in [-0.05, 0) is 70.6 Å². The molecule has 4 heteroatoms. The lowest BCUT2D eigenvalue weighted by molar-refractivity contribution is -0.123. The van der Waals surface area contributed by atoms with Crippen molar-refractivity contribution in [3.05, 3.63) is 85.1 Å². The quantitative estimate of drug-likeness (QED) is 0.0421. The fourth-order valence-electron chi connectivity index (χ4n) is 8.36. The summed E-state index contributed by atoms with van der Waals surface area (Å²) < 4.78 is 0. The molecular weight excluding hydrogens is 795 g/mol. The average molecular weight is 905 g/mol. The Morgan fingerprint density at radius 1 is 0.385 bits per heavy atom. The van der Waals surface area contributed by atoms with Gasteiger partial charge in [0.1, 0.15) is 0 Å². The Hall–Kier alpha value is -2.43. The Labute approximate surface area is 405 Å². The van der Waals surface area contributed by atoms with Gasteiger partial charge in [-0.3, -0.25) is 4.79 Å². The Morgan fingerprint density at radius 2 is 0.677 bits per heavy atom. The number of hydrogen-bond acceptors (Lipinski definition) is 3. The minimum atomic E-state index is -0.842. The summed E-state index contributed by atoms with van der Waals surface area (Å²) in [6.45, 7) is 4.21. The van der Waals surface area contributed by atoms with Gasteiger partial charge in [-0.25, -0.2) is 0 Å². The zero-order valence-corrected chi connectivity index (χ0v) is 43.2. The average Bonchev–Trinajstić information content (AvgIpc) is 3.31. The molecule has 1 amide bonds. The molecule has 2 unspecified atom stereocenters. The Kier molecular flexibility index (Phi) is 53.8. The first-order chi connectivity index (χ1) is 32.2. The van der Waals surface area contributed by atoms with Crippen molar-refractivity contribution in [2.24, 2.45) is 0 Å². The van der Waals surface area contributed by atoms with Gasteiger partial charge in [0.15, 0.2) is 0 Å². The molecule has 0 heterocycles. The lowest BCUT2D eigenvalue weighted by atomic mass is 10.0. The van der Waals surface area contributed by atoms with Crippen LogP contribution in [0.2, 0.25) is 0 Å². The van der Waals surface area contributed by atoms with E-state index >= 15 is 0 Å². The van der Waals surface area contributed by atoms with Crippen molar-refractivity contribution in [1.82, 2.24) is 5.32 Å². The molecule has 0 saturated carbocycles. The van der Waals surface area contributed by atoms with Gasteiger partial charge in [0.2, 0.25) is 5.91 Å². The minimum absolute atomic E-state index is 0.0638. The van der Waals surface area contributed by atoms with E-state index in [1.807, 2.05) is 6.08 Å². The molecule has 0 aliphatic carbocycles. The highest BCUT2D eigenvalue weighted by molar-refractivity contribution is 5.76. The molecular formula is C61H109NO3. The first-order valence-electron chi connectivity index (χ1n) is 28.3. The normalized spacial score (nSPS) is 13.5. The molecule has 0 aliphatic heterocycles. The number of allylic oxidation sites excluding steroid dienone is 13. The molecule has 3 N–H and O–H groups in total. The maximum Gasteiger partial charge on any atom is 0.220 e. The van der Waals surface area contributed by atoms with Gasteiger partial charge < -0.3 is 15.5 Å². The monoisotopic (exact) mass is 904 g/mol. The maximum atomic E-state index is 12.5. The van der Waals surface area contributed by atoms with E-state index in [0.717, 1.165) is 64.2 Å². The van der Waals surface area contributed by atoms with Crippen LogP contribution in [0.3, 0.4) is 0 Å². The van der Waals surface area contributed by atoms with Crippen molar-refractivity contribution in [1.29, 1.82) is 0 Å². The van der Waals surface area contributed by atoms with E-state index in [1.165, 1.54) is 193 Å². The smallest absolute Gasteiger partial charge is 0.220 e. The van der Waals surface area contributed by atoms with Gasteiger partial charge in [-0.1, -0.05) is 285 Å². The molecule has 2 atom stereocenters. The van der Waals surface area contributed by atoms with Crippen molar-refractivity contribution in [2.75, 3.05) is 6.61 Å². The highest BCUT2D eigenvalue weighted by Crippen LogP contribution is 2.16. The fourth-order valence-corrected chi connectivity index (χ4v) is 8.36. The van der Waals surface area contributed by atoms with E-state index in [2.05, 4.69) is 92.1 Å². The predicted molar refractivity (Wildman–Crippen MR) is 290 cm³/mol. The molecule has 65 heavy (non-hydrogen) atoms. The van der Waals surface area contributed by atoms with Gasteiger partial charge in [-0.2, -0.15) is 0 Å². The van der Waals surface area contributed by atoms with Crippen LogP contribution in [0.1, 0.15) is 277 Å². The molecule has 0 spiro atoms. The van der Waals surface area contributed by atoms with Gasteiger partial charge in [-0.15, -0.1) is 0 Å². The zero-order chi connectivity index (χ0) is 47.0. The third-order valence-electron chi connectivity index (χ3n) is 12.6. The van der Waals surface area contributed by atoms with Crippen molar-refractivity contribution in [3.63, 3.8) is 0 Å². The molecule has 0 aliphatic rings. The number of unbranched alkanes of at least 4 members (excludes halogenated alkanes) is 32. The van der Waals surface area contributed by atoms with Crippen LogP contribution < -0.4 is 5.32 Å². The summed E-state index contributed by atoms with van der Waals surface area (Å²) in [4.78, 5) is 12.5. The maximum absolute atomic E-state index is 12.5. The number of aliphatic hydroxyl groups excluding tert-OH is 2. The standard InChI is InChI=1S/C61H109NO3/c1-3-5-7-9-11-13-15-17-19-21-23-24-25-26-27-28-29-30-31-32-33-34-35-36-37-38-39-41-43-45-47-49-51-53-55-57-61(65)62-59(58-63)60(64)56-54-52-50-48-46-44-42-40-22-20-18-16-14-12-10-8-6-4-2/h5,7,11,13,17,19,23-24,26-27,29-30,54,56,59-60,63-64H,3-4,6,8-10,12,14-16,18,20-22,25,28,31-53,55,57-58H2,1-2H3,(H,62,65)/b7-5-,13-11-,19-17-,24-23-,27-26-,30-29-,56-54+. The van der Waals surface area contributed by atoms with E-state index in [-0.39, 0.29) is 12.5 Å². The topological polar surface area (TPSA) is 69.6 Å². The van der Waals surface area contributed by atoms with E-state index < -0.39 is 12.1 Å². The fraction of sp³-hybridized carbons (Fsp3) is 0.754. The number of carbonyl (C=O) groups is 1. The van der Waals surface area contributed by atoms with Gasteiger partial charge in [0.05, 0.1) is 18.8 Å². The molecule has 376 valence electrons. The van der Waals surface area contributed by atoms with E-state index in [9.17, 15) is 15.0 Å². The largest absolute Gasteiger partial charge is 0.394 e. The SMILES string of the molecule is CC/C=C\C/C=C\C/C=C\C/C=C\C/C=C\C/C=C\CCCCCCCCCCCCCCCCCCC(=O)NC(CO)C(O)/C=C/CCCCCCCCCCCCCCCCCC. The second-order valence-corrected chi connectivity index (χ2v) is 19.0. The number of aliphatic hydroxyl groups is 2. The number of rotatable bonds is 51. The van der Waals surface area contributed by atoms with Gasteiger partial charge in [0.25, 0.3) is 0 Å². The molecule has 0 rings (SSSR count). The summed E-state index contributed by atoms with van der Waals surface area (Å²) in [5.41, 5.74) is 0. The zero-order valence-electron chi connectivity index (χ0n) is 43.2. The summed E-state index contributed by atoms with van der Waals surface area (Å²) in [7, 11) is 0. The van der Waals surface area contributed by atoms with Crippen LogP contribution in [0.15, 0.2) is 85.1 Å². The van der Waals surface area contributed by atoms with E-state index in [4.69, 9.17) is 0 Å². The number of carbonyl (C=O) groups excluding carboxylic acids is 1. The van der Waals surface area contributed by atoms with Crippen LogP contribution in [-0.4, -0.2) is 34.9 Å². The van der Waals surface area contributed by atoms with E-state index in [1.54, 1.807) is 6.08 Å². The predicted octanol–water partition coefficient (Wildman–Crippen LogP) is 18.8. The molecule has 0 aromatic rings. The first-order valence-corrected chi connectivity index (χ1v) is 28.3. The van der Waals surface area contributed by atoms with Crippen LogP contribution in [0.5, 0.6) is 0 Å². The summed E-state index contributed by atoms with van der Waals surface area (Å²) in [5, 5.41) is 23.2. The lowest BCUT2D eigenvalue weighted by Crippen LogP contribution is -2.45. The Bertz CT molecular complexity index is 1160. The van der Waals surface area contributed by atoms with Crippen molar-refractivity contribution >= 4 is 5.91 Å². The molecule has 0 fully saturated rings. The van der Waals surface area contributed by atoms with Gasteiger partial charge in [0, 0.05) is 6.42 Å². The molecule has 0 bridgehead atoms. The summed E-state index contributed by atoms with van der Waals surface area (Å²) >= 11 is 0. The first kappa shape index (κ1) is 62.6. The Balaban J connectivity index is 3.51. The van der Waals surface area contributed by atoms with Gasteiger partial charge >= 0.3 is 0 Å². The second kappa shape index (κ2) is 55.9. The molecule has 0 saturated heterocycles. The number of hydrogen-bond donors (Lipinski definition) is 3. The molecule has 4 nitrogen and oxygen atoms in total. The minimum Gasteiger partial charge on any atom is -0.394 e. The van der Waals surface area contributed by atoms with E-state index in [0.29, 0.717) is 6.42 Å². The third kappa shape index (κ3) is 52.4. The van der Waals surface area contributed by atoms with Crippen LogP contribution >= 0.6 is 0 Å². The molecule has 0 radical (unpaired) electrons. The number of amides is 1. The lowest BCUT2D eigenvalue weighted by Gasteiger charge is -2.20. The summed E-state index contributed by atoms with van der Waals surface area (Å²) in [5.74, 6) is -0.0638. The summed E-state index contributed by atoms with van der Waals surface area (Å²) in [6.07, 6.45) is 81.7. The van der Waals surface area contributed by atoms with Crippen LogP contribution in [0.25, 0.3) is 0 Å². The molecule has 0 aromatic heterocycles. The Morgan fingerprint density at radius 3 is 1.02 bits per heavy atom. The third-order valence-corrected chi connectivity index (χ3v) is 12.6. The van der Waals surface area contributed by atoms with Crippen LogP contribution in [0, 0.1) is 0 Å². The molecule has 0 aromatic carbocycles. The highest BCUT2D eigenvalue weighted by atomic mass is 16.3. The van der Waals surface area contributed by atoms with Crippen molar-refractivity contribution in [2.45, 2.75) is 289 Å². The van der Waals surface area contributed by atoms with Crippen LogP contribution in [-0.2, 0) is 4.79 Å². The van der Waals surface area contributed by atoms with Crippen molar-refractivity contribution in [3.8, 4) is 0 Å². The highest BCUT2D eigenvalue weighted by Gasteiger charge is 2.18. The van der Waals surface area contributed by atoms with Crippen molar-refractivity contribution < 1.29 is 15.0 Å². The number of nitrogens with one attached hydrogen (secondary N) is 1. The second-order valence-electron chi connectivity index (χ2n) is 19.0.